The van der Waals surface area contributed by atoms with Crippen molar-refractivity contribution in [2.45, 2.75) is 20.8 Å². The summed E-state index contributed by atoms with van der Waals surface area (Å²) >= 11 is 3.64. The van der Waals surface area contributed by atoms with Crippen molar-refractivity contribution in [3.8, 4) is 0 Å². The van der Waals surface area contributed by atoms with E-state index in [9.17, 15) is 0 Å². The van der Waals surface area contributed by atoms with E-state index in [2.05, 4.69) is 106 Å². The summed E-state index contributed by atoms with van der Waals surface area (Å²) in [5.74, 6) is 0.468. The van der Waals surface area contributed by atoms with Crippen molar-refractivity contribution in [3.05, 3.63) is 110 Å². The number of hydrogen-bond donors (Lipinski definition) is 0. The molecule has 0 saturated carbocycles. The fraction of sp³-hybridized carbons (Fsp3) is 0.160. The summed E-state index contributed by atoms with van der Waals surface area (Å²) in [7, 11) is 0. The van der Waals surface area contributed by atoms with Crippen LogP contribution >= 0.6 is 24.8 Å². The molecule has 0 amide bonds. The van der Waals surface area contributed by atoms with Gasteiger partial charge in [0.1, 0.15) is 0 Å². The van der Waals surface area contributed by atoms with Crippen molar-refractivity contribution < 1.29 is 21.6 Å². The molecule has 0 fully saturated rings. The molecule has 0 heterocycles. The Kier molecular flexibility index (Phi) is 19.7. The first-order chi connectivity index (χ1) is 12.1. The predicted octanol–water partition coefficient (Wildman–Crippen LogP) is 7.70. The van der Waals surface area contributed by atoms with Crippen molar-refractivity contribution in [2.75, 3.05) is 0 Å². The van der Waals surface area contributed by atoms with Gasteiger partial charge in [-0.15, -0.1) is 71.0 Å². The van der Waals surface area contributed by atoms with Crippen LogP contribution in [0.4, 0.5) is 0 Å². The third kappa shape index (κ3) is 9.92. The second kappa shape index (κ2) is 17.2. The van der Waals surface area contributed by atoms with E-state index in [0.29, 0.717) is 5.92 Å². The van der Waals surface area contributed by atoms with E-state index in [0.717, 1.165) is 0 Å². The summed E-state index contributed by atoms with van der Waals surface area (Å²) in [5.41, 5.74) is 5.27. The fourth-order valence-corrected chi connectivity index (χ4v) is 3.07. The van der Waals surface area contributed by atoms with Crippen LogP contribution in [0.5, 0.6) is 0 Å². The van der Waals surface area contributed by atoms with Crippen LogP contribution in [0.1, 0.15) is 25.0 Å². The molecule has 156 valence electrons. The molecule has 0 bridgehead atoms. The summed E-state index contributed by atoms with van der Waals surface area (Å²) in [6.07, 6.45) is 5.66. The molecule has 2 radical (unpaired) electrons. The standard InChI is InChI=1S/C13H13.C10H9.2CH3.2ClH.Ge.Zr/c1-10-8-11(2)13(9-10)12-6-4-3-5-7-12;1-8-6-9-4-2-3-5-10(9)7-8;;;;;;/h3-7,9-10H,1-2H3;2-7H,1H3;2*1H3;2*1H;;/q4*-1;;;;. The summed E-state index contributed by atoms with van der Waals surface area (Å²) in [6.45, 7) is 6.42. The first kappa shape index (κ1) is 33.2. The van der Waals surface area contributed by atoms with Gasteiger partial charge in [0.05, 0.1) is 0 Å². The molecule has 3 aromatic carbocycles. The van der Waals surface area contributed by atoms with Gasteiger partial charge in [-0.05, 0) is 0 Å². The van der Waals surface area contributed by atoms with E-state index in [1.165, 1.54) is 33.0 Å². The van der Waals surface area contributed by atoms with Crippen LogP contribution in [0.15, 0.2) is 78.4 Å². The topological polar surface area (TPSA) is 0 Å². The Morgan fingerprint density at radius 1 is 0.897 bits per heavy atom. The van der Waals surface area contributed by atoms with Gasteiger partial charge in [-0.3, -0.25) is 6.08 Å². The van der Waals surface area contributed by atoms with Gasteiger partial charge in [-0.1, -0.05) is 63.1 Å². The molecule has 1 unspecified atom stereocenters. The van der Waals surface area contributed by atoms with Crippen LogP contribution in [-0.2, 0) is 21.6 Å². The minimum atomic E-state index is 0. The Bertz CT molecular complexity index is 849. The zero-order valence-electron chi connectivity index (χ0n) is 17.8. The van der Waals surface area contributed by atoms with Gasteiger partial charge in [0.15, 0.2) is 0 Å². The van der Waals surface area contributed by atoms with E-state index in [1.54, 1.807) is 21.6 Å². The molecule has 29 heavy (non-hydrogen) atoms. The maximum absolute atomic E-state index is 3.39. The Hall–Kier alpha value is -0.464. The third-order valence-corrected chi connectivity index (χ3v) is 4.11. The summed E-state index contributed by atoms with van der Waals surface area (Å²) in [6, 6.07) is 23.3. The number of aryl methyl sites for hydroxylation is 1. The van der Waals surface area contributed by atoms with Gasteiger partial charge in [0.25, 0.3) is 0 Å². The average Bonchev–Trinajstić information content (AvgIpc) is 3.18. The number of rotatable bonds is 1. The molecular formula is C25H30Cl2GeZr-4. The maximum atomic E-state index is 3.39. The predicted molar refractivity (Wildman–Crippen MR) is 133 cm³/mol. The zero-order valence-corrected chi connectivity index (χ0v) is 24.0. The van der Waals surface area contributed by atoms with Gasteiger partial charge in [0, 0.05) is 0 Å². The van der Waals surface area contributed by atoms with Crippen LogP contribution in [0.2, 0.25) is 0 Å². The Morgan fingerprint density at radius 3 is 1.97 bits per heavy atom. The van der Waals surface area contributed by atoms with Crippen LogP contribution < -0.4 is 0 Å². The first-order valence-corrected chi connectivity index (χ1v) is 15.8. The number of hydrogen-bond acceptors (Lipinski definition) is 0. The second-order valence-corrected chi connectivity index (χ2v) is 6.17. The second-order valence-electron chi connectivity index (χ2n) is 6.17. The number of halogens is 2. The Labute approximate surface area is 210 Å². The van der Waals surface area contributed by atoms with E-state index in [4.69, 9.17) is 0 Å². The van der Waals surface area contributed by atoms with Gasteiger partial charge >= 0.3 is 33.7 Å². The molecule has 0 saturated heterocycles. The van der Waals surface area contributed by atoms with Crippen molar-refractivity contribution in [1.29, 1.82) is 0 Å². The summed E-state index contributed by atoms with van der Waals surface area (Å²) in [5, 5.41) is 2.69. The molecule has 0 N–H and O–H groups in total. The summed E-state index contributed by atoms with van der Waals surface area (Å²) in [4.78, 5) is 0. The molecule has 0 aliphatic heterocycles. The van der Waals surface area contributed by atoms with Crippen LogP contribution in [0, 0.1) is 33.8 Å². The number of benzene rings is 2. The molecule has 1 aliphatic rings. The Morgan fingerprint density at radius 2 is 1.45 bits per heavy atom. The zero-order chi connectivity index (χ0) is 18.2. The molecule has 3 aromatic rings. The SMILES string of the molecule is CC1=[C-]C(C)C=C1c1ccccc1.Cc1cc2ccccc2[cH-]1.Cl.Cl.[CH3-].[CH3-].[Ge]=[Zr]. The van der Waals surface area contributed by atoms with E-state index >= 15 is 0 Å². The van der Waals surface area contributed by atoms with Crippen molar-refractivity contribution >= 4 is 53.3 Å². The minimum absolute atomic E-state index is 0. The molecule has 4 heteroatoms. The third-order valence-electron chi connectivity index (χ3n) is 4.11. The summed E-state index contributed by atoms with van der Waals surface area (Å²) < 4.78 is 0. The fourth-order valence-electron chi connectivity index (χ4n) is 3.07. The van der Waals surface area contributed by atoms with Crippen molar-refractivity contribution in [3.63, 3.8) is 0 Å². The van der Waals surface area contributed by atoms with Crippen molar-refractivity contribution in [2.24, 2.45) is 5.92 Å². The molecular weight excluding hydrogens is 535 g/mol. The number of fused-ring (bicyclic) bond motifs is 1. The van der Waals surface area contributed by atoms with Crippen LogP contribution in [-0.4, -0.2) is 12.1 Å². The van der Waals surface area contributed by atoms with Crippen LogP contribution in [0.25, 0.3) is 16.3 Å². The quantitative estimate of drug-likeness (QED) is 0.210. The Balaban J connectivity index is -0.000000388. The average molecular weight is 565 g/mol. The normalized spacial score (nSPS) is 13.2. The monoisotopic (exact) mass is 564 g/mol. The van der Waals surface area contributed by atoms with Gasteiger partial charge in [0.2, 0.25) is 0 Å². The molecule has 0 aromatic heterocycles. The van der Waals surface area contributed by atoms with Gasteiger partial charge in [-0.2, -0.15) is 17.7 Å². The molecule has 4 rings (SSSR count). The van der Waals surface area contributed by atoms with E-state index in [1.807, 2.05) is 6.07 Å². The number of allylic oxidation sites excluding steroid dienone is 4. The molecule has 0 nitrogen and oxygen atoms in total. The van der Waals surface area contributed by atoms with E-state index in [-0.39, 0.29) is 39.7 Å². The first-order valence-electron chi connectivity index (χ1n) is 8.38. The molecule has 0 spiro atoms. The molecule has 1 atom stereocenters. The van der Waals surface area contributed by atoms with Gasteiger partial charge < -0.3 is 14.9 Å². The van der Waals surface area contributed by atoms with Crippen LogP contribution in [0.3, 0.4) is 0 Å². The molecule has 1 aliphatic carbocycles. The van der Waals surface area contributed by atoms with E-state index < -0.39 is 0 Å². The van der Waals surface area contributed by atoms with Gasteiger partial charge in [-0.25, -0.2) is 5.57 Å². The van der Waals surface area contributed by atoms with Crippen molar-refractivity contribution in [1.82, 2.24) is 0 Å².